The van der Waals surface area contributed by atoms with Gasteiger partial charge < -0.3 is 4.90 Å². The standard InChI is InChI=1S/C21H25N3O2.BrH/c1-15-12-18(24(25)26)8-9-20(15)23-11-10-22(14-16(23)2)21-13-19(21)17-6-4-3-5-7-17;/h3-9,12,16,19,21H,10-11,13-14H2,1-2H3;1H/t16?,19-,21+;/m0./s1. The van der Waals surface area contributed by atoms with Crippen LogP contribution in [0.2, 0.25) is 0 Å². The molecule has 0 aromatic heterocycles. The zero-order chi connectivity index (χ0) is 18.3. The molecule has 144 valence electrons. The molecule has 1 unspecified atom stereocenters. The zero-order valence-corrected chi connectivity index (χ0v) is 17.5. The summed E-state index contributed by atoms with van der Waals surface area (Å²) in [6.45, 7) is 7.29. The molecule has 2 aliphatic rings. The van der Waals surface area contributed by atoms with Gasteiger partial charge in [-0.15, -0.1) is 17.0 Å². The smallest absolute Gasteiger partial charge is 0.269 e. The van der Waals surface area contributed by atoms with Crippen LogP contribution in [0.1, 0.15) is 30.4 Å². The van der Waals surface area contributed by atoms with Crippen LogP contribution in [0.15, 0.2) is 48.5 Å². The number of hydrogen-bond acceptors (Lipinski definition) is 4. The Labute approximate surface area is 170 Å². The number of hydrogen-bond donors (Lipinski definition) is 0. The van der Waals surface area contributed by atoms with Gasteiger partial charge in [0.25, 0.3) is 5.69 Å². The third-order valence-corrected chi connectivity index (χ3v) is 5.81. The third-order valence-electron chi connectivity index (χ3n) is 5.81. The average molecular weight is 432 g/mol. The Hall–Kier alpha value is -1.92. The van der Waals surface area contributed by atoms with Crippen LogP contribution in [0, 0.1) is 17.0 Å². The molecule has 0 amide bonds. The van der Waals surface area contributed by atoms with Gasteiger partial charge >= 0.3 is 0 Å². The quantitative estimate of drug-likeness (QED) is 0.526. The number of benzene rings is 2. The number of rotatable bonds is 4. The number of non-ortho nitro benzene ring substituents is 1. The maximum absolute atomic E-state index is 11.0. The van der Waals surface area contributed by atoms with E-state index in [4.69, 9.17) is 0 Å². The molecule has 2 fully saturated rings. The summed E-state index contributed by atoms with van der Waals surface area (Å²) in [5, 5.41) is 11.0. The highest BCUT2D eigenvalue weighted by molar-refractivity contribution is 8.93. The van der Waals surface area contributed by atoms with Crippen molar-refractivity contribution in [2.75, 3.05) is 24.5 Å². The van der Waals surface area contributed by atoms with Gasteiger partial charge in [0.1, 0.15) is 0 Å². The molecule has 2 aromatic rings. The van der Waals surface area contributed by atoms with Gasteiger partial charge in [-0.1, -0.05) is 30.3 Å². The van der Waals surface area contributed by atoms with Crippen molar-refractivity contribution in [2.45, 2.75) is 38.3 Å². The number of halogens is 1. The Morgan fingerprint density at radius 1 is 1.11 bits per heavy atom. The van der Waals surface area contributed by atoms with E-state index < -0.39 is 0 Å². The molecule has 4 rings (SSSR count). The molecule has 0 bridgehead atoms. The second-order valence-corrected chi connectivity index (χ2v) is 7.59. The van der Waals surface area contributed by atoms with Gasteiger partial charge in [0, 0.05) is 55.5 Å². The van der Waals surface area contributed by atoms with Crippen LogP contribution < -0.4 is 4.90 Å². The fourth-order valence-electron chi connectivity index (χ4n) is 4.36. The highest BCUT2D eigenvalue weighted by atomic mass is 79.9. The van der Waals surface area contributed by atoms with Crippen molar-refractivity contribution < 1.29 is 4.92 Å². The molecule has 1 heterocycles. The summed E-state index contributed by atoms with van der Waals surface area (Å²) in [7, 11) is 0. The number of nitrogens with zero attached hydrogens (tertiary/aromatic N) is 3. The van der Waals surface area contributed by atoms with E-state index in [1.165, 1.54) is 12.0 Å². The molecule has 27 heavy (non-hydrogen) atoms. The van der Waals surface area contributed by atoms with Gasteiger partial charge in [-0.05, 0) is 37.5 Å². The minimum absolute atomic E-state index is 0. The summed E-state index contributed by atoms with van der Waals surface area (Å²) in [6.07, 6.45) is 1.26. The first kappa shape index (κ1) is 19.8. The van der Waals surface area contributed by atoms with Gasteiger partial charge in [-0.25, -0.2) is 0 Å². The first-order chi connectivity index (χ1) is 12.5. The van der Waals surface area contributed by atoms with Crippen molar-refractivity contribution in [3.8, 4) is 0 Å². The molecule has 5 nitrogen and oxygen atoms in total. The van der Waals surface area contributed by atoms with E-state index in [9.17, 15) is 10.1 Å². The van der Waals surface area contributed by atoms with Crippen molar-refractivity contribution in [3.05, 3.63) is 69.8 Å². The Kier molecular flexibility index (Phi) is 5.86. The van der Waals surface area contributed by atoms with E-state index in [0.717, 1.165) is 30.9 Å². The van der Waals surface area contributed by atoms with Crippen LogP contribution in [0.4, 0.5) is 11.4 Å². The number of anilines is 1. The lowest BCUT2D eigenvalue weighted by atomic mass is 10.1. The zero-order valence-electron chi connectivity index (χ0n) is 15.7. The molecule has 1 saturated heterocycles. The summed E-state index contributed by atoms with van der Waals surface area (Å²) in [5.41, 5.74) is 3.73. The van der Waals surface area contributed by atoms with Crippen molar-refractivity contribution in [1.82, 2.24) is 4.90 Å². The summed E-state index contributed by atoms with van der Waals surface area (Å²) in [6, 6.07) is 17.1. The minimum atomic E-state index is -0.324. The van der Waals surface area contributed by atoms with Crippen LogP contribution in [-0.2, 0) is 0 Å². The highest BCUT2D eigenvalue weighted by Crippen LogP contribution is 2.45. The van der Waals surface area contributed by atoms with Crippen molar-refractivity contribution >= 4 is 28.4 Å². The molecule has 1 saturated carbocycles. The van der Waals surface area contributed by atoms with Gasteiger partial charge in [0.05, 0.1) is 4.92 Å². The van der Waals surface area contributed by atoms with Gasteiger partial charge in [-0.2, -0.15) is 0 Å². The topological polar surface area (TPSA) is 49.6 Å². The molecule has 3 atom stereocenters. The van der Waals surface area contributed by atoms with Crippen LogP contribution >= 0.6 is 17.0 Å². The second-order valence-electron chi connectivity index (χ2n) is 7.59. The van der Waals surface area contributed by atoms with E-state index >= 15 is 0 Å². The molecule has 6 heteroatoms. The Balaban J connectivity index is 0.00000210. The Morgan fingerprint density at radius 2 is 1.85 bits per heavy atom. The van der Waals surface area contributed by atoms with E-state index in [0.29, 0.717) is 18.0 Å². The fourth-order valence-corrected chi connectivity index (χ4v) is 4.36. The van der Waals surface area contributed by atoms with Crippen LogP contribution in [0.3, 0.4) is 0 Å². The lowest BCUT2D eigenvalue weighted by Crippen LogP contribution is -2.53. The average Bonchev–Trinajstić information content (AvgIpc) is 3.43. The fraction of sp³-hybridized carbons (Fsp3) is 0.429. The van der Waals surface area contributed by atoms with E-state index in [1.54, 1.807) is 12.1 Å². The monoisotopic (exact) mass is 431 g/mol. The first-order valence-electron chi connectivity index (χ1n) is 9.35. The number of nitro benzene ring substituents is 1. The Morgan fingerprint density at radius 3 is 2.48 bits per heavy atom. The third kappa shape index (κ3) is 4.01. The van der Waals surface area contributed by atoms with Crippen LogP contribution in [-0.4, -0.2) is 41.5 Å². The van der Waals surface area contributed by atoms with E-state index in [1.807, 2.05) is 13.0 Å². The van der Waals surface area contributed by atoms with E-state index in [2.05, 4.69) is 47.1 Å². The number of piperazine rings is 1. The predicted octanol–water partition coefficient (Wildman–Crippen LogP) is 4.55. The molecule has 1 aliphatic carbocycles. The lowest BCUT2D eigenvalue weighted by molar-refractivity contribution is -0.384. The molecule has 0 radical (unpaired) electrons. The number of aryl methyl sites for hydroxylation is 1. The van der Waals surface area contributed by atoms with Crippen LogP contribution in [0.5, 0.6) is 0 Å². The maximum atomic E-state index is 11.0. The maximum Gasteiger partial charge on any atom is 0.269 e. The normalized spacial score (nSPS) is 25.0. The van der Waals surface area contributed by atoms with Gasteiger partial charge in [-0.3, -0.25) is 15.0 Å². The summed E-state index contributed by atoms with van der Waals surface area (Å²) in [5.74, 6) is 0.677. The van der Waals surface area contributed by atoms with Gasteiger partial charge in [0.2, 0.25) is 0 Å². The highest BCUT2D eigenvalue weighted by Gasteiger charge is 2.44. The second kappa shape index (κ2) is 7.98. The van der Waals surface area contributed by atoms with Crippen molar-refractivity contribution in [3.63, 3.8) is 0 Å². The first-order valence-corrected chi connectivity index (χ1v) is 9.35. The SMILES string of the molecule is Br.Cc1cc([N+](=O)[O-])ccc1N1CCN([C@@H]2C[C@H]2c2ccccc2)CC1C. The molecular formula is C21H26BrN3O2. The molecule has 2 aromatic carbocycles. The van der Waals surface area contributed by atoms with Gasteiger partial charge in [0.15, 0.2) is 0 Å². The number of nitro groups is 1. The predicted molar refractivity (Wildman–Crippen MR) is 114 cm³/mol. The summed E-state index contributed by atoms with van der Waals surface area (Å²) in [4.78, 5) is 15.7. The largest absolute Gasteiger partial charge is 0.366 e. The summed E-state index contributed by atoms with van der Waals surface area (Å²) < 4.78 is 0. The molecule has 1 aliphatic heterocycles. The summed E-state index contributed by atoms with van der Waals surface area (Å²) >= 11 is 0. The molecular weight excluding hydrogens is 406 g/mol. The Bertz CT molecular complexity index is 814. The van der Waals surface area contributed by atoms with Crippen LogP contribution in [0.25, 0.3) is 0 Å². The van der Waals surface area contributed by atoms with Crippen molar-refractivity contribution in [2.24, 2.45) is 0 Å². The molecule has 0 N–H and O–H groups in total. The van der Waals surface area contributed by atoms with E-state index in [-0.39, 0.29) is 27.6 Å². The minimum Gasteiger partial charge on any atom is -0.366 e. The molecule has 0 spiro atoms. The van der Waals surface area contributed by atoms with Crippen molar-refractivity contribution in [1.29, 1.82) is 0 Å². The lowest BCUT2D eigenvalue weighted by Gasteiger charge is -2.42.